The van der Waals surface area contributed by atoms with Crippen LogP contribution in [-0.4, -0.2) is 48.7 Å². The van der Waals surface area contributed by atoms with Crippen molar-refractivity contribution < 1.29 is 4.52 Å². The molecule has 0 bridgehead atoms. The highest BCUT2D eigenvalue weighted by Crippen LogP contribution is 2.14. The van der Waals surface area contributed by atoms with E-state index in [0.717, 1.165) is 30.5 Å². The molecule has 2 N–H and O–H groups in total. The number of guanidine groups is 1. The number of halogens is 1. The minimum Gasteiger partial charge on any atom is -0.359 e. The largest absolute Gasteiger partial charge is 0.359 e. The molecule has 0 amide bonds. The highest BCUT2D eigenvalue weighted by atomic mass is 127. The zero-order valence-corrected chi connectivity index (χ0v) is 17.8. The van der Waals surface area contributed by atoms with Gasteiger partial charge in [0, 0.05) is 24.7 Å². The predicted molar refractivity (Wildman–Crippen MR) is 107 cm³/mol. The van der Waals surface area contributed by atoms with Gasteiger partial charge in [-0.05, 0) is 40.8 Å². The summed E-state index contributed by atoms with van der Waals surface area (Å²) in [5, 5.41) is 10.7. The molecule has 0 saturated heterocycles. The van der Waals surface area contributed by atoms with E-state index in [0.29, 0.717) is 12.5 Å². The number of hydrogen-bond acceptors (Lipinski definition) is 4. The molecule has 1 aromatic heterocycles. The molecule has 23 heavy (non-hydrogen) atoms. The number of nitrogens with zero attached hydrogens (tertiary/aromatic N) is 3. The topological polar surface area (TPSA) is 65.7 Å². The van der Waals surface area contributed by atoms with Crippen molar-refractivity contribution >= 4 is 29.9 Å². The van der Waals surface area contributed by atoms with Crippen molar-refractivity contribution in [3.8, 4) is 0 Å². The molecule has 1 rings (SSSR count). The summed E-state index contributed by atoms with van der Waals surface area (Å²) in [5.41, 5.74) is 1.02. The second-order valence-electron chi connectivity index (χ2n) is 6.63. The van der Waals surface area contributed by atoms with E-state index in [9.17, 15) is 0 Å². The molecule has 0 fully saturated rings. The Morgan fingerprint density at radius 3 is 2.48 bits per heavy atom. The summed E-state index contributed by atoms with van der Waals surface area (Å²) in [5.74, 6) is 1.95. The van der Waals surface area contributed by atoms with E-state index in [4.69, 9.17) is 4.52 Å². The van der Waals surface area contributed by atoms with E-state index in [2.05, 4.69) is 74.4 Å². The lowest BCUT2D eigenvalue weighted by Gasteiger charge is -2.33. The van der Waals surface area contributed by atoms with Crippen LogP contribution in [-0.2, 0) is 6.54 Å². The Bertz CT molecular complexity index is 483. The Hall–Kier alpha value is -0.830. The van der Waals surface area contributed by atoms with Gasteiger partial charge < -0.3 is 20.1 Å². The smallest absolute Gasteiger partial charge is 0.191 e. The fraction of sp³-hybridized carbons (Fsp3) is 0.750. The number of likely N-dealkylation sites (N-methyl/N-ethyl adjacent to an activating group) is 1. The van der Waals surface area contributed by atoms with Crippen molar-refractivity contribution in [2.45, 2.75) is 52.6 Å². The van der Waals surface area contributed by atoms with E-state index in [1.807, 2.05) is 6.07 Å². The summed E-state index contributed by atoms with van der Waals surface area (Å²) < 4.78 is 5.32. The van der Waals surface area contributed by atoms with E-state index in [-0.39, 0.29) is 29.5 Å². The van der Waals surface area contributed by atoms with Crippen LogP contribution in [0.1, 0.15) is 52.0 Å². The Kier molecular flexibility index (Phi) is 9.76. The summed E-state index contributed by atoms with van der Waals surface area (Å²) in [7, 11) is 4.15. The van der Waals surface area contributed by atoms with Gasteiger partial charge in [-0.1, -0.05) is 19.0 Å². The van der Waals surface area contributed by atoms with Gasteiger partial charge in [-0.3, -0.25) is 0 Å². The van der Waals surface area contributed by atoms with Gasteiger partial charge in [0.25, 0.3) is 0 Å². The maximum atomic E-state index is 5.32. The maximum Gasteiger partial charge on any atom is 0.191 e. The lowest BCUT2D eigenvalue weighted by molar-refractivity contribution is 0.197. The highest BCUT2D eigenvalue weighted by molar-refractivity contribution is 14.0. The SMILES string of the molecule is CCNC(=NCc1cc(C(C)C)no1)NCC(C)(C)N(C)C.I. The quantitative estimate of drug-likeness (QED) is 0.390. The monoisotopic (exact) mass is 437 g/mol. The molecule has 134 valence electrons. The average molecular weight is 437 g/mol. The van der Waals surface area contributed by atoms with Crippen molar-refractivity contribution in [3.63, 3.8) is 0 Å². The molecule has 0 saturated carbocycles. The van der Waals surface area contributed by atoms with Crippen LogP contribution < -0.4 is 10.6 Å². The second kappa shape index (κ2) is 10.1. The average Bonchev–Trinajstić information content (AvgIpc) is 2.91. The summed E-state index contributed by atoms with van der Waals surface area (Å²) in [6, 6.07) is 1.97. The first kappa shape index (κ1) is 22.2. The molecule has 0 aliphatic rings. The zero-order chi connectivity index (χ0) is 16.8. The molecule has 0 aliphatic carbocycles. The van der Waals surface area contributed by atoms with Gasteiger partial charge in [-0.2, -0.15) is 0 Å². The summed E-state index contributed by atoms with van der Waals surface area (Å²) >= 11 is 0. The summed E-state index contributed by atoms with van der Waals surface area (Å²) in [4.78, 5) is 6.75. The Labute approximate surface area is 157 Å². The summed E-state index contributed by atoms with van der Waals surface area (Å²) in [6.45, 7) is 12.7. The minimum atomic E-state index is 0. The molecule has 1 aromatic rings. The van der Waals surface area contributed by atoms with Gasteiger partial charge in [0.05, 0.1) is 5.69 Å². The van der Waals surface area contributed by atoms with Crippen LogP contribution in [0.25, 0.3) is 0 Å². The minimum absolute atomic E-state index is 0. The molecule has 0 spiro atoms. The Morgan fingerprint density at radius 2 is 2.00 bits per heavy atom. The van der Waals surface area contributed by atoms with Crippen LogP contribution in [0.15, 0.2) is 15.6 Å². The van der Waals surface area contributed by atoms with Crippen LogP contribution in [0.3, 0.4) is 0 Å². The van der Waals surface area contributed by atoms with Crippen LogP contribution in [0.2, 0.25) is 0 Å². The molecule has 6 nitrogen and oxygen atoms in total. The summed E-state index contributed by atoms with van der Waals surface area (Å²) in [6.07, 6.45) is 0. The van der Waals surface area contributed by atoms with E-state index in [1.54, 1.807) is 0 Å². The van der Waals surface area contributed by atoms with Crippen LogP contribution >= 0.6 is 24.0 Å². The molecule has 1 heterocycles. The van der Waals surface area contributed by atoms with Crippen LogP contribution in [0.5, 0.6) is 0 Å². The van der Waals surface area contributed by atoms with Crippen LogP contribution in [0, 0.1) is 0 Å². The Balaban J connectivity index is 0.00000484. The first-order valence-corrected chi connectivity index (χ1v) is 7.91. The normalized spacial score (nSPS) is 12.5. The zero-order valence-electron chi connectivity index (χ0n) is 15.4. The standard InChI is InChI=1S/C16H31N5O.HI/c1-8-17-15(19-11-16(4,5)21(6)7)18-10-13-9-14(12(2)3)20-22-13;/h9,12H,8,10-11H2,1-7H3,(H2,17,18,19);1H. The number of aliphatic imine (C=N–C) groups is 1. The molecule has 0 radical (unpaired) electrons. The molecular weight excluding hydrogens is 405 g/mol. The first-order chi connectivity index (χ1) is 10.3. The number of rotatable bonds is 7. The number of aromatic nitrogens is 1. The fourth-order valence-corrected chi connectivity index (χ4v) is 1.63. The second-order valence-corrected chi connectivity index (χ2v) is 6.63. The molecule has 0 atom stereocenters. The Morgan fingerprint density at radius 1 is 1.35 bits per heavy atom. The van der Waals surface area contributed by atoms with Gasteiger partial charge in [0.15, 0.2) is 11.7 Å². The lowest BCUT2D eigenvalue weighted by atomic mass is 10.0. The third kappa shape index (κ3) is 7.52. The molecule has 0 aromatic carbocycles. The first-order valence-electron chi connectivity index (χ1n) is 7.91. The van der Waals surface area contributed by atoms with Crippen molar-refractivity contribution in [2.24, 2.45) is 4.99 Å². The van der Waals surface area contributed by atoms with Gasteiger partial charge in [0.2, 0.25) is 0 Å². The fourth-order valence-electron chi connectivity index (χ4n) is 1.63. The molecule has 0 unspecified atom stereocenters. The van der Waals surface area contributed by atoms with Crippen molar-refractivity contribution in [2.75, 3.05) is 27.2 Å². The van der Waals surface area contributed by atoms with Gasteiger partial charge >= 0.3 is 0 Å². The van der Waals surface area contributed by atoms with Gasteiger partial charge in [0.1, 0.15) is 6.54 Å². The van der Waals surface area contributed by atoms with Gasteiger partial charge in [-0.25, -0.2) is 4.99 Å². The van der Waals surface area contributed by atoms with Crippen molar-refractivity contribution in [1.82, 2.24) is 20.7 Å². The number of nitrogens with one attached hydrogen (secondary N) is 2. The predicted octanol–water partition coefficient (Wildman–Crippen LogP) is 2.81. The third-order valence-corrected chi connectivity index (χ3v) is 3.81. The van der Waals surface area contributed by atoms with E-state index in [1.165, 1.54) is 0 Å². The third-order valence-electron chi connectivity index (χ3n) is 3.81. The van der Waals surface area contributed by atoms with Crippen molar-refractivity contribution in [1.29, 1.82) is 0 Å². The van der Waals surface area contributed by atoms with Crippen molar-refractivity contribution in [3.05, 3.63) is 17.5 Å². The lowest BCUT2D eigenvalue weighted by Crippen LogP contribution is -2.50. The molecule has 0 aliphatic heterocycles. The molecular formula is C16H32IN5O. The van der Waals surface area contributed by atoms with Gasteiger partial charge in [-0.15, -0.1) is 24.0 Å². The maximum absolute atomic E-state index is 5.32. The van der Waals surface area contributed by atoms with E-state index < -0.39 is 0 Å². The number of hydrogen-bond donors (Lipinski definition) is 2. The highest BCUT2D eigenvalue weighted by Gasteiger charge is 2.20. The van der Waals surface area contributed by atoms with E-state index >= 15 is 0 Å². The van der Waals surface area contributed by atoms with Crippen LogP contribution in [0.4, 0.5) is 0 Å². The molecule has 7 heteroatoms.